The molecule has 2 aromatic rings. The summed E-state index contributed by atoms with van der Waals surface area (Å²) in [4.78, 5) is 34.0. The summed E-state index contributed by atoms with van der Waals surface area (Å²) >= 11 is 0. The van der Waals surface area contributed by atoms with Crippen molar-refractivity contribution in [3.05, 3.63) is 69.3 Å². The lowest BCUT2D eigenvalue weighted by Crippen LogP contribution is -2.39. The first-order valence-corrected chi connectivity index (χ1v) is 8.78. The number of nitro benzene ring substituents is 1. The lowest BCUT2D eigenvalue weighted by Gasteiger charge is -2.27. The fraction of sp³-hybridized carbons (Fsp3) is 0.300. The Morgan fingerprint density at radius 3 is 2.85 bits per heavy atom. The smallest absolute Gasteiger partial charge is 0.311 e. The van der Waals surface area contributed by atoms with Gasteiger partial charge in [0.1, 0.15) is 6.29 Å². The maximum Gasteiger partial charge on any atom is 0.311 e. The molecule has 0 aromatic heterocycles. The third-order valence-corrected chi connectivity index (χ3v) is 4.67. The molecule has 0 heterocycles. The van der Waals surface area contributed by atoms with E-state index in [4.69, 9.17) is 4.74 Å². The molecule has 1 aliphatic carbocycles. The number of aldehydes is 1. The third kappa shape index (κ3) is 4.13. The molecule has 3 rings (SSSR count). The normalized spacial score (nSPS) is 16.7. The number of carbonyl (C=O) groups excluding carboxylic acids is 2. The van der Waals surface area contributed by atoms with Crippen LogP contribution in [0.3, 0.4) is 0 Å². The van der Waals surface area contributed by atoms with Crippen molar-refractivity contribution >= 4 is 17.9 Å². The molecule has 1 aliphatic rings. The monoisotopic (exact) mass is 368 g/mol. The molecule has 0 fully saturated rings. The zero-order valence-electron chi connectivity index (χ0n) is 14.9. The second kappa shape index (κ2) is 7.99. The van der Waals surface area contributed by atoms with Crippen molar-refractivity contribution in [3.63, 3.8) is 0 Å². The molecule has 0 aliphatic heterocycles. The Kier molecular flexibility index (Phi) is 5.49. The van der Waals surface area contributed by atoms with E-state index in [9.17, 15) is 19.7 Å². The Morgan fingerprint density at radius 1 is 1.33 bits per heavy atom. The number of carbonyl (C=O) groups is 2. The van der Waals surface area contributed by atoms with Crippen LogP contribution in [0.15, 0.2) is 42.5 Å². The average molecular weight is 368 g/mol. The van der Waals surface area contributed by atoms with Gasteiger partial charge in [-0.15, -0.1) is 0 Å². The Hall–Kier alpha value is -3.22. The van der Waals surface area contributed by atoms with Crippen LogP contribution < -0.4 is 10.1 Å². The van der Waals surface area contributed by atoms with E-state index >= 15 is 0 Å². The van der Waals surface area contributed by atoms with Gasteiger partial charge in [0.25, 0.3) is 5.91 Å². The molecular weight excluding hydrogens is 348 g/mol. The molecule has 0 spiro atoms. The third-order valence-electron chi connectivity index (χ3n) is 4.67. The first kappa shape index (κ1) is 18.6. The highest BCUT2D eigenvalue weighted by molar-refractivity contribution is 5.82. The molecule has 7 nitrogen and oxygen atoms in total. The van der Waals surface area contributed by atoms with Crippen LogP contribution in [-0.4, -0.2) is 23.2 Å². The van der Waals surface area contributed by atoms with Crippen LogP contribution in [0.25, 0.3) is 0 Å². The summed E-state index contributed by atoms with van der Waals surface area (Å²) in [6.45, 7) is 1.54. The Balaban J connectivity index is 1.72. The molecule has 0 saturated heterocycles. The first-order valence-electron chi connectivity index (χ1n) is 8.78. The first-order chi connectivity index (χ1) is 13.0. The number of hydrogen-bond donors (Lipinski definition) is 1. The molecule has 0 saturated carbocycles. The van der Waals surface area contributed by atoms with Crippen LogP contribution >= 0.6 is 0 Å². The van der Waals surface area contributed by atoms with Crippen LogP contribution in [0.4, 0.5) is 5.69 Å². The number of ether oxygens (including phenoxy) is 1. The van der Waals surface area contributed by atoms with E-state index < -0.39 is 11.0 Å². The van der Waals surface area contributed by atoms with E-state index in [0.717, 1.165) is 30.9 Å². The van der Waals surface area contributed by atoms with Gasteiger partial charge in [-0.25, -0.2) is 0 Å². The number of aryl methyl sites for hydroxylation is 1. The highest BCUT2D eigenvalue weighted by Crippen LogP contribution is 2.31. The highest BCUT2D eigenvalue weighted by Gasteiger charge is 2.26. The van der Waals surface area contributed by atoms with Crippen molar-refractivity contribution in [1.82, 2.24) is 5.32 Å². The number of amides is 1. The van der Waals surface area contributed by atoms with E-state index in [1.165, 1.54) is 17.7 Å². The fourth-order valence-electron chi connectivity index (χ4n) is 3.29. The van der Waals surface area contributed by atoms with Gasteiger partial charge in [-0.3, -0.25) is 19.7 Å². The van der Waals surface area contributed by atoms with Gasteiger partial charge in [-0.05, 0) is 49.4 Å². The predicted molar refractivity (Wildman–Crippen MR) is 98.8 cm³/mol. The van der Waals surface area contributed by atoms with Gasteiger partial charge in [-0.1, -0.05) is 24.3 Å². The van der Waals surface area contributed by atoms with Crippen LogP contribution in [0.2, 0.25) is 0 Å². The maximum atomic E-state index is 12.6. The number of nitrogens with zero attached hydrogens (tertiary/aromatic N) is 1. The minimum Gasteiger partial charge on any atom is -0.474 e. The largest absolute Gasteiger partial charge is 0.474 e. The fourth-order valence-corrected chi connectivity index (χ4v) is 3.29. The van der Waals surface area contributed by atoms with Gasteiger partial charge in [0.15, 0.2) is 11.9 Å². The minimum absolute atomic E-state index is 0.0442. The van der Waals surface area contributed by atoms with Gasteiger partial charge >= 0.3 is 5.69 Å². The number of nitrogens with one attached hydrogen (secondary N) is 1. The molecule has 0 unspecified atom stereocenters. The summed E-state index contributed by atoms with van der Waals surface area (Å²) in [6, 6.07) is 11.8. The molecule has 1 N–H and O–H groups in total. The van der Waals surface area contributed by atoms with Crippen LogP contribution in [0, 0.1) is 10.1 Å². The molecule has 27 heavy (non-hydrogen) atoms. The summed E-state index contributed by atoms with van der Waals surface area (Å²) < 4.78 is 5.53. The topological polar surface area (TPSA) is 98.5 Å². The number of fused-ring (bicyclic) bond motifs is 1. The molecule has 140 valence electrons. The van der Waals surface area contributed by atoms with Crippen LogP contribution in [0.5, 0.6) is 5.75 Å². The second-order valence-corrected chi connectivity index (χ2v) is 6.51. The van der Waals surface area contributed by atoms with Crippen molar-refractivity contribution in [2.45, 2.75) is 38.3 Å². The summed E-state index contributed by atoms with van der Waals surface area (Å²) in [5.41, 5.74) is 2.15. The van der Waals surface area contributed by atoms with Crippen LogP contribution in [0.1, 0.15) is 47.3 Å². The van der Waals surface area contributed by atoms with Gasteiger partial charge < -0.3 is 10.1 Å². The second-order valence-electron chi connectivity index (χ2n) is 6.51. The molecule has 0 bridgehead atoms. The van der Waals surface area contributed by atoms with Crippen molar-refractivity contribution in [3.8, 4) is 5.75 Å². The standard InChI is InChI=1S/C20H20N2O5/c1-13(27-19-10-9-14(12-23)11-18(19)22(25)26)20(24)21-17-8-4-6-15-5-2-3-7-16(15)17/h2-3,5,7,9-13,17H,4,6,8H2,1H3,(H,21,24)/t13-,17-/m1/s1. The van der Waals surface area contributed by atoms with Gasteiger partial charge in [-0.2, -0.15) is 0 Å². The Morgan fingerprint density at radius 2 is 2.11 bits per heavy atom. The molecule has 2 aromatic carbocycles. The molecule has 7 heteroatoms. The van der Waals surface area contributed by atoms with Crippen molar-refractivity contribution in [1.29, 1.82) is 0 Å². The quantitative estimate of drug-likeness (QED) is 0.479. The summed E-state index contributed by atoms with van der Waals surface area (Å²) in [6.07, 6.45) is 2.41. The molecular formula is C20H20N2O5. The van der Waals surface area contributed by atoms with Crippen molar-refractivity contribution in [2.75, 3.05) is 0 Å². The Labute approximate surface area is 156 Å². The highest BCUT2D eigenvalue weighted by atomic mass is 16.6. The lowest BCUT2D eigenvalue weighted by atomic mass is 9.87. The lowest BCUT2D eigenvalue weighted by molar-refractivity contribution is -0.386. The molecule has 2 atom stereocenters. The van der Waals surface area contributed by atoms with Crippen molar-refractivity contribution < 1.29 is 19.2 Å². The molecule has 0 radical (unpaired) electrons. The van der Waals surface area contributed by atoms with E-state index in [-0.39, 0.29) is 28.9 Å². The van der Waals surface area contributed by atoms with Crippen LogP contribution in [-0.2, 0) is 11.2 Å². The number of rotatable bonds is 6. The van der Waals surface area contributed by atoms with E-state index in [1.54, 1.807) is 6.92 Å². The average Bonchev–Trinajstić information content (AvgIpc) is 2.68. The number of hydrogen-bond acceptors (Lipinski definition) is 5. The predicted octanol–water partition coefficient (Wildman–Crippen LogP) is 3.37. The Bertz CT molecular complexity index is 880. The SMILES string of the molecule is C[C@@H](Oc1ccc(C=O)cc1[N+](=O)[O-])C(=O)N[C@@H]1CCCc2ccccc21. The number of benzene rings is 2. The minimum atomic E-state index is -0.917. The summed E-state index contributed by atoms with van der Waals surface area (Å²) in [5, 5.41) is 14.2. The van der Waals surface area contributed by atoms with Gasteiger partial charge in [0.2, 0.25) is 0 Å². The summed E-state index contributed by atoms with van der Waals surface area (Å²) in [5.74, 6) is -0.386. The van der Waals surface area contributed by atoms with E-state index in [0.29, 0.717) is 6.29 Å². The van der Waals surface area contributed by atoms with E-state index in [2.05, 4.69) is 11.4 Å². The zero-order chi connectivity index (χ0) is 19.4. The van der Waals surface area contributed by atoms with Gasteiger partial charge in [0.05, 0.1) is 11.0 Å². The van der Waals surface area contributed by atoms with E-state index in [1.807, 2.05) is 18.2 Å². The van der Waals surface area contributed by atoms with Crippen molar-refractivity contribution in [2.24, 2.45) is 0 Å². The maximum absolute atomic E-state index is 12.6. The zero-order valence-corrected chi connectivity index (χ0v) is 14.9. The number of nitro groups is 1. The summed E-state index contributed by atoms with van der Waals surface area (Å²) in [7, 11) is 0. The molecule has 1 amide bonds. The van der Waals surface area contributed by atoms with Gasteiger partial charge in [0, 0.05) is 11.6 Å².